The predicted molar refractivity (Wildman–Crippen MR) is 103 cm³/mol. The summed E-state index contributed by atoms with van der Waals surface area (Å²) in [6.07, 6.45) is 9.32. The largest absolute Gasteiger partial charge is 0.340 e. The van der Waals surface area contributed by atoms with Crippen molar-refractivity contribution in [2.75, 3.05) is 32.7 Å². The molecule has 2 saturated heterocycles. The fourth-order valence-corrected chi connectivity index (χ4v) is 5.32. The van der Waals surface area contributed by atoms with Crippen LogP contribution in [0.3, 0.4) is 0 Å². The Hall–Kier alpha value is -1.43. The minimum absolute atomic E-state index is 0.0762. The minimum atomic E-state index is -0.0762. The number of hydrogen-bond donors (Lipinski definition) is 0. The van der Waals surface area contributed by atoms with Gasteiger partial charge in [0.05, 0.1) is 12.0 Å². The maximum atomic E-state index is 13.0. The summed E-state index contributed by atoms with van der Waals surface area (Å²) in [6, 6.07) is 0. The highest BCUT2D eigenvalue weighted by Gasteiger charge is 2.54. The molecule has 1 aromatic rings. The van der Waals surface area contributed by atoms with Gasteiger partial charge in [-0.3, -0.25) is 9.69 Å². The van der Waals surface area contributed by atoms with E-state index in [1.165, 1.54) is 38.5 Å². The predicted octanol–water partition coefficient (Wildman–Crippen LogP) is 3.02. The molecule has 1 amide bonds. The van der Waals surface area contributed by atoms with Gasteiger partial charge in [0.15, 0.2) is 5.82 Å². The van der Waals surface area contributed by atoms with E-state index in [0.29, 0.717) is 18.4 Å². The highest BCUT2D eigenvalue weighted by molar-refractivity contribution is 5.79. The van der Waals surface area contributed by atoms with Crippen LogP contribution >= 0.6 is 0 Å². The van der Waals surface area contributed by atoms with E-state index in [1.807, 2.05) is 0 Å². The van der Waals surface area contributed by atoms with Crippen molar-refractivity contribution in [3.8, 4) is 0 Å². The Morgan fingerprint density at radius 1 is 1.22 bits per heavy atom. The zero-order chi connectivity index (χ0) is 18.9. The first-order valence-electron chi connectivity index (χ1n) is 10.9. The molecule has 1 aromatic heterocycles. The number of likely N-dealkylation sites (tertiary alicyclic amines) is 2. The van der Waals surface area contributed by atoms with Crippen LogP contribution in [0.5, 0.6) is 0 Å². The molecule has 1 saturated carbocycles. The zero-order valence-electron chi connectivity index (χ0n) is 17.0. The Morgan fingerprint density at radius 2 is 2.00 bits per heavy atom. The fourth-order valence-electron chi connectivity index (χ4n) is 5.32. The summed E-state index contributed by atoms with van der Waals surface area (Å²) < 4.78 is 5.55. The molecule has 6 heteroatoms. The molecule has 2 atom stereocenters. The third kappa shape index (κ3) is 3.91. The molecule has 0 bridgehead atoms. The summed E-state index contributed by atoms with van der Waals surface area (Å²) in [6.45, 7) is 8.67. The van der Waals surface area contributed by atoms with Crippen molar-refractivity contribution in [2.45, 2.75) is 70.6 Å². The summed E-state index contributed by atoms with van der Waals surface area (Å²) in [5, 5.41) is 4.37. The Balaban J connectivity index is 1.44. The first-order chi connectivity index (χ1) is 13.1. The molecule has 0 unspecified atom stereocenters. The Bertz CT molecular complexity index is 650. The monoisotopic (exact) mass is 374 g/mol. The molecule has 0 spiro atoms. The summed E-state index contributed by atoms with van der Waals surface area (Å²) in [7, 11) is 0. The average molecular weight is 375 g/mol. The van der Waals surface area contributed by atoms with E-state index in [2.05, 4.69) is 28.8 Å². The molecule has 6 nitrogen and oxygen atoms in total. The molecule has 3 heterocycles. The second-order valence-electron chi connectivity index (χ2n) is 9.32. The fraction of sp³-hybridized carbons (Fsp3) is 0.857. The van der Waals surface area contributed by atoms with Crippen LogP contribution in [0.2, 0.25) is 0 Å². The van der Waals surface area contributed by atoms with Gasteiger partial charge >= 0.3 is 0 Å². The lowest BCUT2D eigenvalue weighted by atomic mass is 9.80. The SMILES string of the molecule is CC(C)Cc1nc([C@@]23CCC[C@@H]2CN(C(=O)CN2CCCCCC2)C3)no1. The molecule has 150 valence electrons. The zero-order valence-corrected chi connectivity index (χ0v) is 17.0. The van der Waals surface area contributed by atoms with Gasteiger partial charge in [0.1, 0.15) is 0 Å². The van der Waals surface area contributed by atoms with Gasteiger partial charge in [-0.25, -0.2) is 0 Å². The van der Waals surface area contributed by atoms with E-state index in [0.717, 1.165) is 50.7 Å². The smallest absolute Gasteiger partial charge is 0.236 e. The number of carbonyl (C=O) groups is 1. The summed E-state index contributed by atoms with van der Waals surface area (Å²) in [5.41, 5.74) is -0.0762. The first kappa shape index (κ1) is 18.9. The van der Waals surface area contributed by atoms with E-state index in [9.17, 15) is 4.79 Å². The van der Waals surface area contributed by atoms with Crippen LogP contribution in [0.1, 0.15) is 70.5 Å². The molecule has 3 aliphatic rings. The summed E-state index contributed by atoms with van der Waals surface area (Å²) >= 11 is 0. The van der Waals surface area contributed by atoms with Crippen LogP contribution < -0.4 is 0 Å². The van der Waals surface area contributed by atoms with Crippen LogP contribution in [0.15, 0.2) is 4.52 Å². The normalized spacial score (nSPS) is 29.3. The minimum Gasteiger partial charge on any atom is -0.340 e. The molecule has 1 aliphatic carbocycles. The van der Waals surface area contributed by atoms with E-state index < -0.39 is 0 Å². The molecular formula is C21H34N4O2. The maximum absolute atomic E-state index is 13.0. The van der Waals surface area contributed by atoms with Crippen molar-refractivity contribution in [1.82, 2.24) is 19.9 Å². The highest BCUT2D eigenvalue weighted by Crippen LogP contribution is 2.49. The van der Waals surface area contributed by atoms with Crippen LogP contribution in [0.4, 0.5) is 0 Å². The maximum Gasteiger partial charge on any atom is 0.236 e. The van der Waals surface area contributed by atoms with Gasteiger partial charge < -0.3 is 9.42 Å². The molecule has 2 aliphatic heterocycles. The van der Waals surface area contributed by atoms with Crippen molar-refractivity contribution in [1.29, 1.82) is 0 Å². The highest BCUT2D eigenvalue weighted by atomic mass is 16.5. The number of amides is 1. The van der Waals surface area contributed by atoms with E-state index in [-0.39, 0.29) is 11.3 Å². The van der Waals surface area contributed by atoms with Gasteiger partial charge in [-0.2, -0.15) is 4.98 Å². The third-order valence-corrected chi connectivity index (χ3v) is 6.78. The summed E-state index contributed by atoms with van der Waals surface area (Å²) in [4.78, 5) is 22.2. The third-order valence-electron chi connectivity index (χ3n) is 6.78. The molecule has 27 heavy (non-hydrogen) atoms. The van der Waals surface area contributed by atoms with Crippen LogP contribution in [0.25, 0.3) is 0 Å². The topological polar surface area (TPSA) is 62.5 Å². The van der Waals surface area contributed by atoms with E-state index >= 15 is 0 Å². The molecule has 3 fully saturated rings. The summed E-state index contributed by atoms with van der Waals surface area (Å²) in [5.74, 6) is 2.87. The molecule has 4 rings (SSSR count). The first-order valence-corrected chi connectivity index (χ1v) is 10.9. The average Bonchev–Trinajstić information content (AvgIpc) is 3.25. The van der Waals surface area contributed by atoms with Crippen LogP contribution in [-0.4, -0.2) is 58.6 Å². The number of carbonyl (C=O) groups excluding carboxylic acids is 1. The number of nitrogens with zero attached hydrogens (tertiary/aromatic N) is 4. The lowest BCUT2D eigenvalue weighted by Crippen LogP contribution is -2.41. The number of aromatic nitrogens is 2. The van der Waals surface area contributed by atoms with Crippen molar-refractivity contribution in [3.63, 3.8) is 0 Å². The number of hydrogen-bond acceptors (Lipinski definition) is 5. The van der Waals surface area contributed by atoms with Gasteiger partial charge in [0, 0.05) is 19.5 Å². The van der Waals surface area contributed by atoms with Gasteiger partial charge in [-0.15, -0.1) is 0 Å². The molecular weight excluding hydrogens is 340 g/mol. The Labute approximate surface area is 162 Å². The Kier molecular flexibility index (Phi) is 5.53. The quantitative estimate of drug-likeness (QED) is 0.793. The van der Waals surface area contributed by atoms with Crippen molar-refractivity contribution >= 4 is 5.91 Å². The van der Waals surface area contributed by atoms with Crippen molar-refractivity contribution in [3.05, 3.63) is 11.7 Å². The molecule has 0 aromatic carbocycles. The second-order valence-corrected chi connectivity index (χ2v) is 9.32. The number of rotatable bonds is 5. The van der Waals surface area contributed by atoms with Crippen LogP contribution in [0, 0.1) is 11.8 Å². The van der Waals surface area contributed by atoms with Gasteiger partial charge in [-0.1, -0.05) is 38.3 Å². The van der Waals surface area contributed by atoms with Crippen LogP contribution in [-0.2, 0) is 16.6 Å². The lowest BCUT2D eigenvalue weighted by molar-refractivity contribution is -0.131. The standard InChI is InChI=1S/C21H34N4O2/c1-16(2)12-18-22-20(23-27-18)21-9-7-8-17(21)13-25(15-21)19(26)14-24-10-5-3-4-6-11-24/h16-17H,3-15H2,1-2H3/t17-,21-/m1/s1. The molecule has 0 radical (unpaired) electrons. The van der Waals surface area contributed by atoms with Gasteiger partial charge in [-0.05, 0) is 50.6 Å². The molecule has 0 N–H and O–H groups in total. The van der Waals surface area contributed by atoms with Crippen molar-refractivity contribution < 1.29 is 9.32 Å². The van der Waals surface area contributed by atoms with Gasteiger partial charge in [0.2, 0.25) is 11.8 Å². The number of fused-ring (bicyclic) bond motifs is 1. The Morgan fingerprint density at radius 3 is 2.74 bits per heavy atom. The van der Waals surface area contributed by atoms with E-state index in [1.54, 1.807) is 0 Å². The van der Waals surface area contributed by atoms with E-state index in [4.69, 9.17) is 9.51 Å². The van der Waals surface area contributed by atoms with Gasteiger partial charge in [0.25, 0.3) is 0 Å². The van der Waals surface area contributed by atoms with Crippen molar-refractivity contribution in [2.24, 2.45) is 11.8 Å². The second kappa shape index (κ2) is 7.90. The lowest BCUT2D eigenvalue weighted by Gasteiger charge is -2.26.